The Morgan fingerprint density at radius 3 is 2.89 bits per heavy atom. The Morgan fingerprint density at radius 2 is 2.07 bits per heavy atom. The van der Waals surface area contributed by atoms with Gasteiger partial charge in [-0.3, -0.25) is 4.79 Å². The molecule has 0 unspecified atom stereocenters. The van der Waals surface area contributed by atoms with Gasteiger partial charge in [-0.15, -0.1) is 0 Å². The largest absolute Gasteiger partial charge is 0.352 e. The number of aromatic nitrogens is 6. The summed E-state index contributed by atoms with van der Waals surface area (Å²) in [6.45, 7) is 4.40. The molecule has 0 spiro atoms. The molecule has 0 radical (unpaired) electrons. The number of fused-ring (bicyclic) bond motifs is 1. The topological polar surface area (TPSA) is 90.0 Å². The van der Waals surface area contributed by atoms with Crippen LogP contribution < -0.4 is 5.32 Å². The molecule has 0 saturated heterocycles. The second-order valence-electron chi connectivity index (χ2n) is 6.63. The van der Waals surface area contributed by atoms with Crippen molar-refractivity contribution in [1.29, 1.82) is 0 Å². The lowest BCUT2D eigenvalue weighted by Gasteiger charge is -2.11. The van der Waals surface area contributed by atoms with Gasteiger partial charge in [0.05, 0.1) is 5.69 Å². The number of carbonyl (C=O) groups excluding carboxylic acids is 1. The summed E-state index contributed by atoms with van der Waals surface area (Å²) < 4.78 is 3.51. The molecular formula is C20H21N7O. The molecule has 8 heteroatoms. The highest BCUT2D eigenvalue weighted by Crippen LogP contribution is 2.15. The predicted octanol–water partition coefficient (Wildman–Crippen LogP) is 2.18. The first-order chi connectivity index (χ1) is 13.6. The Bertz CT molecular complexity index is 1120. The normalized spacial score (nSPS) is 11.1. The van der Waals surface area contributed by atoms with Gasteiger partial charge in [0.25, 0.3) is 5.78 Å². The molecule has 1 amide bonds. The van der Waals surface area contributed by atoms with Crippen molar-refractivity contribution in [2.45, 2.75) is 33.2 Å². The van der Waals surface area contributed by atoms with Crippen molar-refractivity contribution >= 4 is 11.7 Å². The van der Waals surface area contributed by atoms with Crippen LogP contribution in [0.2, 0.25) is 0 Å². The van der Waals surface area contributed by atoms with Gasteiger partial charge in [0.1, 0.15) is 6.33 Å². The predicted molar refractivity (Wildman–Crippen MR) is 104 cm³/mol. The Kier molecular flexibility index (Phi) is 4.84. The van der Waals surface area contributed by atoms with Crippen LogP contribution in [0.1, 0.15) is 28.9 Å². The van der Waals surface area contributed by atoms with E-state index < -0.39 is 0 Å². The van der Waals surface area contributed by atoms with Crippen molar-refractivity contribution in [3.05, 3.63) is 71.6 Å². The molecule has 1 N–H and O–H groups in total. The van der Waals surface area contributed by atoms with Gasteiger partial charge in [0.15, 0.2) is 0 Å². The van der Waals surface area contributed by atoms with Gasteiger partial charge in [0.2, 0.25) is 5.91 Å². The van der Waals surface area contributed by atoms with Crippen LogP contribution in [0.25, 0.3) is 11.5 Å². The van der Waals surface area contributed by atoms with E-state index in [0.717, 1.165) is 28.2 Å². The molecule has 4 aromatic rings. The molecule has 8 nitrogen and oxygen atoms in total. The molecule has 3 aromatic heterocycles. The quantitative estimate of drug-likeness (QED) is 0.558. The summed E-state index contributed by atoms with van der Waals surface area (Å²) in [4.78, 5) is 20.9. The van der Waals surface area contributed by atoms with Gasteiger partial charge >= 0.3 is 0 Å². The average Bonchev–Trinajstić information content (AvgIpc) is 3.38. The third kappa shape index (κ3) is 3.62. The number of carbonyl (C=O) groups is 1. The monoisotopic (exact) mass is 375 g/mol. The van der Waals surface area contributed by atoms with Crippen LogP contribution in [0.4, 0.5) is 0 Å². The molecule has 0 bridgehead atoms. The van der Waals surface area contributed by atoms with Crippen molar-refractivity contribution in [3.63, 3.8) is 0 Å². The fraction of sp³-hybridized carbons (Fsp3) is 0.250. The third-order valence-corrected chi connectivity index (χ3v) is 4.76. The fourth-order valence-corrected chi connectivity index (χ4v) is 3.28. The molecule has 1 aromatic carbocycles. The maximum absolute atomic E-state index is 12.4. The van der Waals surface area contributed by atoms with Crippen LogP contribution in [0.3, 0.4) is 0 Å². The minimum Gasteiger partial charge on any atom is -0.352 e. The molecule has 0 atom stereocenters. The van der Waals surface area contributed by atoms with Crippen molar-refractivity contribution in [3.8, 4) is 5.69 Å². The van der Waals surface area contributed by atoms with Gasteiger partial charge in [-0.2, -0.15) is 15.2 Å². The van der Waals surface area contributed by atoms with E-state index in [1.807, 2.05) is 50.4 Å². The van der Waals surface area contributed by atoms with Gasteiger partial charge < -0.3 is 5.32 Å². The highest BCUT2D eigenvalue weighted by Gasteiger charge is 2.12. The molecule has 28 heavy (non-hydrogen) atoms. The lowest BCUT2D eigenvalue weighted by Crippen LogP contribution is -2.23. The van der Waals surface area contributed by atoms with Crippen LogP contribution in [0.15, 0.2) is 49.1 Å². The maximum atomic E-state index is 12.4. The number of nitrogens with one attached hydrogen (secondary N) is 1. The molecule has 0 fully saturated rings. The van der Waals surface area contributed by atoms with Gasteiger partial charge in [-0.1, -0.05) is 12.1 Å². The number of benzene rings is 1. The summed E-state index contributed by atoms with van der Waals surface area (Å²) >= 11 is 0. The zero-order valence-corrected chi connectivity index (χ0v) is 15.8. The van der Waals surface area contributed by atoms with E-state index in [9.17, 15) is 4.79 Å². The second kappa shape index (κ2) is 7.59. The van der Waals surface area contributed by atoms with Crippen molar-refractivity contribution in [2.24, 2.45) is 0 Å². The summed E-state index contributed by atoms with van der Waals surface area (Å²) in [7, 11) is 0. The van der Waals surface area contributed by atoms with E-state index in [0.29, 0.717) is 25.2 Å². The van der Waals surface area contributed by atoms with Crippen molar-refractivity contribution in [1.82, 2.24) is 34.7 Å². The number of hydrogen-bond acceptors (Lipinski definition) is 5. The van der Waals surface area contributed by atoms with E-state index in [2.05, 4.69) is 25.5 Å². The van der Waals surface area contributed by atoms with E-state index in [-0.39, 0.29) is 5.91 Å². The fourth-order valence-electron chi connectivity index (χ4n) is 3.28. The third-order valence-electron chi connectivity index (χ3n) is 4.76. The first-order valence-electron chi connectivity index (χ1n) is 9.13. The number of nitrogens with zero attached hydrogens (tertiary/aromatic N) is 6. The SMILES string of the molecule is Cc1nc2ncnn2c(C)c1CCC(=O)NCc1cccc(-n2cccn2)c1. The van der Waals surface area contributed by atoms with Crippen LogP contribution >= 0.6 is 0 Å². The minimum atomic E-state index is 0.00183. The average molecular weight is 375 g/mol. The first-order valence-corrected chi connectivity index (χ1v) is 9.13. The number of amides is 1. The molecule has 0 saturated carbocycles. The Morgan fingerprint density at radius 1 is 1.18 bits per heavy atom. The van der Waals surface area contributed by atoms with Gasteiger partial charge in [0, 0.05) is 36.7 Å². The molecule has 0 aliphatic heterocycles. The summed E-state index contributed by atoms with van der Waals surface area (Å²) in [5, 5.41) is 11.4. The standard InChI is InChI=1S/C20H21N7O/c1-14-18(15(2)27-20(25-14)22-13-24-27)7-8-19(28)21-12-16-5-3-6-17(11-16)26-10-4-9-23-26/h3-6,9-11,13H,7-8,12H2,1-2H3,(H,21,28). The van der Waals surface area contributed by atoms with Crippen LogP contribution in [-0.2, 0) is 17.8 Å². The van der Waals surface area contributed by atoms with Crippen LogP contribution in [0, 0.1) is 13.8 Å². The molecule has 0 aliphatic rings. The Labute approximate surface area is 162 Å². The van der Waals surface area contributed by atoms with E-state index >= 15 is 0 Å². The lowest BCUT2D eigenvalue weighted by atomic mass is 10.1. The number of aryl methyl sites for hydroxylation is 2. The lowest BCUT2D eigenvalue weighted by molar-refractivity contribution is -0.121. The summed E-state index contributed by atoms with van der Waals surface area (Å²) in [5.41, 5.74) is 4.89. The van der Waals surface area contributed by atoms with Crippen molar-refractivity contribution < 1.29 is 4.79 Å². The molecular weight excluding hydrogens is 354 g/mol. The Balaban J connectivity index is 1.37. The smallest absolute Gasteiger partial charge is 0.252 e. The molecule has 0 aliphatic carbocycles. The highest BCUT2D eigenvalue weighted by molar-refractivity contribution is 5.76. The van der Waals surface area contributed by atoms with Gasteiger partial charge in [-0.05, 0) is 49.6 Å². The number of hydrogen-bond donors (Lipinski definition) is 1. The molecule has 3 heterocycles. The Hall–Kier alpha value is -3.55. The first kappa shape index (κ1) is 17.8. The summed E-state index contributed by atoms with van der Waals surface area (Å²) in [5.74, 6) is 0.585. The highest BCUT2D eigenvalue weighted by atomic mass is 16.1. The summed E-state index contributed by atoms with van der Waals surface area (Å²) in [6.07, 6.45) is 6.12. The number of rotatable bonds is 6. The van der Waals surface area contributed by atoms with Crippen LogP contribution in [0.5, 0.6) is 0 Å². The van der Waals surface area contributed by atoms with Gasteiger partial charge in [-0.25, -0.2) is 14.2 Å². The van der Waals surface area contributed by atoms with E-state index in [1.54, 1.807) is 15.4 Å². The van der Waals surface area contributed by atoms with Crippen LogP contribution in [-0.4, -0.2) is 35.3 Å². The van der Waals surface area contributed by atoms with E-state index in [4.69, 9.17) is 0 Å². The molecule has 4 rings (SSSR count). The zero-order chi connectivity index (χ0) is 19.5. The zero-order valence-electron chi connectivity index (χ0n) is 15.8. The minimum absolute atomic E-state index is 0.00183. The maximum Gasteiger partial charge on any atom is 0.252 e. The van der Waals surface area contributed by atoms with Crippen molar-refractivity contribution in [2.75, 3.05) is 0 Å². The van der Waals surface area contributed by atoms with E-state index in [1.165, 1.54) is 6.33 Å². The second-order valence-corrected chi connectivity index (χ2v) is 6.63. The molecule has 142 valence electrons. The summed E-state index contributed by atoms with van der Waals surface area (Å²) in [6, 6.07) is 9.83.